The van der Waals surface area contributed by atoms with Crippen LogP contribution < -0.4 is 0 Å². The summed E-state index contributed by atoms with van der Waals surface area (Å²) in [6, 6.07) is 3.25. The summed E-state index contributed by atoms with van der Waals surface area (Å²) in [5.41, 5.74) is 0.512. The van der Waals surface area contributed by atoms with Gasteiger partial charge in [-0.05, 0) is 34.5 Å². The molecule has 0 N–H and O–H groups in total. The Morgan fingerprint density at radius 2 is 2.30 bits per heavy atom. The van der Waals surface area contributed by atoms with Gasteiger partial charge in [-0.15, -0.1) is 0 Å². The molecule has 0 atom stereocenters. The molecule has 0 aliphatic carbocycles. The Hall–Kier alpha value is -1.46. The Morgan fingerprint density at radius 1 is 1.55 bits per heavy atom. The van der Waals surface area contributed by atoms with Gasteiger partial charge in [-0.1, -0.05) is 11.8 Å². The molecule has 8 heteroatoms. The maximum absolute atomic E-state index is 12.8. The van der Waals surface area contributed by atoms with Crippen LogP contribution in [0, 0.1) is 18.3 Å². The van der Waals surface area contributed by atoms with Crippen molar-refractivity contribution in [1.29, 1.82) is 5.26 Å². The zero-order chi connectivity index (χ0) is 14.7. The van der Waals surface area contributed by atoms with Gasteiger partial charge < -0.3 is 0 Å². The van der Waals surface area contributed by atoms with Gasteiger partial charge in [-0.2, -0.15) is 10.4 Å². The van der Waals surface area contributed by atoms with Crippen molar-refractivity contribution in [2.75, 3.05) is 0 Å². The van der Waals surface area contributed by atoms with Crippen LogP contribution in [-0.4, -0.2) is 14.8 Å². The number of nitriles is 1. The first kappa shape index (κ1) is 14.9. The van der Waals surface area contributed by atoms with Crippen molar-refractivity contribution in [2.45, 2.75) is 24.3 Å². The van der Waals surface area contributed by atoms with E-state index in [1.165, 1.54) is 17.8 Å². The summed E-state index contributed by atoms with van der Waals surface area (Å²) in [4.78, 5) is 3.86. The van der Waals surface area contributed by atoms with Gasteiger partial charge in [0.1, 0.15) is 16.8 Å². The van der Waals surface area contributed by atoms with Crippen LogP contribution in [0.3, 0.4) is 0 Å². The van der Waals surface area contributed by atoms with Crippen molar-refractivity contribution in [2.24, 2.45) is 0 Å². The van der Waals surface area contributed by atoms with Crippen molar-refractivity contribution in [3.05, 3.63) is 39.8 Å². The van der Waals surface area contributed by atoms with E-state index in [2.05, 4.69) is 26.0 Å². The third kappa shape index (κ3) is 3.35. The zero-order valence-corrected chi connectivity index (χ0v) is 12.7. The molecular weight excluding hydrogens is 350 g/mol. The molecule has 0 aromatic carbocycles. The molecule has 0 radical (unpaired) electrons. The number of rotatable bonds is 4. The Bertz CT molecular complexity index is 666. The molecule has 0 amide bonds. The molecule has 2 aromatic rings. The highest BCUT2D eigenvalue weighted by Gasteiger charge is 2.16. The lowest BCUT2D eigenvalue weighted by Gasteiger charge is -2.09. The van der Waals surface area contributed by atoms with E-state index in [0.717, 1.165) is 4.47 Å². The summed E-state index contributed by atoms with van der Waals surface area (Å²) in [5.74, 6) is 0.388. The SMILES string of the molecule is Cc1cc(C(F)F)nc(SCn2cc(Br)cn2)c1C#N. The predicted octanol–water partition coefficient (Wildman–Crippen LogP) is 3.91. The summed E-state index contributed by atoms with van der Waals surface area (Å²) in [7, 11) is 0. The summed E-state index contributed by atoms with van der Waals surface area (Å²) in [6.07, 6.45) is 0.725. The van der Waals surface area contributed by atoms with Crippen molar-refractivity contribution < 1.29 is 8.78 Å². The maximum atomic E-state index is 12.8. The average molecular weight is 359 g/mol. The molecule has 104 valence electrons. The molecule has 20 heavy (non-hydrogen) atoms. The Balaban J connectivity index is 2.27. The number of nitrogens with zero attached hydrogens (tertiary/aromatic N) is 4. The topological polar surface area (TPSA) is 54.5 Å². The molecule has 0 aliphatic rings. The molecular formula is C12H9BrF2N4S. The van der Waals surface area contributed by atoms with Gasteiger partial charge in [0.05, 0.1) is 22.1 Å². The van der Waals surface area contributed by atoms with Gasteiger partial charge in [0.15, 0.2) is 0 Å². The lowest BCUT2D eigenvalue weighted by atomic mass is 10.1. The number of hydrogen-bond acceptors (Lipinski definition) is 4. The zero-order valence-electron chi connectivity index (χ0n) is 10.3. The van der Waals surface area contributed by atoms with E-state index in [1.54, 1.807) is 24.0 Å². The highest BCUT2D eigenvalue weighted by molar-refractivity contribution is 9.10. The van der Waals surface area contributed by atoms with E-state index in [1.807, 2.05) is 6.07 Å². The maximum Gasteiger partial charge on any atom is 0.280 e. The van der Waals surface area contributed by atoms with Gasteiger partial charge >= 0.3 is 0 Å². The van der Waals surface area contributed by atoms with Crippen molar-refractivity contribution in [3.8, 4) is 6.07 Å². The van der Waals surface area contributed by atoms with Crippen LogP contribution >= 0.6 is 27.7 Å². The number of aromatic nitrogens is 3. The molecule has 2 rings (SSSR count). The molecule has 0 spiro atoms. The Kier molecular flexibility index (Phi) is 4.73. The quantitative estimate of drug-likeness (QED) is 0.777. The first-order chi connectivity index (χ1) is 9.51. The standard InChI is InChI=1S/C12H9BrF2N4S/c1-7-2-10(11(14)15)18-12(9(7)3-16)20-6-19-5-8(13)4-17-19/h2,4-5,11H,6H2,1H3. The van der Waals surface area contributed by atoms with Crippen LogP contribution in [0.25, 0.3) is 0 Å². The lowest BCUT2D eigenvalue weighted by Crippen LogP contribution is -2.01. The number of pyridine rings is 1. The monoisotopic (exact) mass is 358 g/mol. The van der Waals surface area contributed by atoms with E-state index in [-0.39, 0.29) is 5.69 Å². The van der Waals surface area contributed by atoms with E-state index >= 15 is 0 Å². The molecule has 2 aromatic heterocycles. The molecule has 4 nitrogen and oxygen atoms in total. The first-order valence-corrected chi connectivity index (χ1v) is 7.29. The minimum absolute atomic E-state index is 0.300. The minimum Gasteiger partial charge on any atom is -0.261 e. The summed E-state index contributed by atoms with van der Waals surface area (Å²) in [5, 5.41) is 13.5. The largest absolute Gasteiger partial charge is 0.280 e. The van der Waals surface area contributed by atoms with Crippen LogP contribution in [0.5, 0.6) is 0 Å². The number of thioether (sulfide) groups is 1. The lowest BCUT2D eigenvalue weighted by molar-refractivity contribution is 0.145. The van der Waals surface area contributed by atoms with Gasteiger partial charge in [0.25, 0.3) is 6.43 Å². The van der Waals surface area contributed by atoms with Gasteiger partial charge in [-0.25, -0.2) is 13.8 Å². The van der Waals surface area contributed by atoms with Crippen LogP contribution in [0.1, 0.15) is 23.2 Å². The second kappa shape index (κ2) is 6.33. The first-order valence-electron chi connectivity index (χ1n) is 5.52. The average Bonchev–Trinajstić information content (AvgIpc) is 2.81. The van der Waals surface area contributed by atoms with Crippen molar-refractivity contribution >= 4 is 27.7 Å². The second-order valence-electron chi connectivity index (χ2n) is 3.93. The molecule has 2 heterocycles. The second-order valence-corrected chi connectivity index (χ2v) is 5.78. The smallest absolute Gasteiger partial charge is 0.261 e. The van der Waals surface area contributed by atoms with Crippen molar-refractivity contribution in [1.82, 2.24) is 14.8 Å². The van der Waals surface area contributed by atoms with Crippen LogP contribution in [0.2, 0.25) is 0 Å². The minimum atomic E-state index is -2.65. The molecule has 0 saturated heterocycles. The van der Waals surface area contributed by atoms with Crippen LogP contribution in [0.15, 0.2) is 28.0 Å². The predicted molar refractivity (Wildman–Crippen MR) is 74.4 cm³/mol. The van der Waals surface area contributed by atoms with E-state index < -0.39 is 6.43 Å². The van der Waals surface area contributed by atoms with Gasteiger partial charge in [-0.3, -0.25) is 4.68 Å². The molecule has 0 aliphatic heterocycles. The van der Waals surface area contributed by atoms with Crippen molar-refractivity contribution in [3.63, 3.8) is 0 Å². The fourth-order valence-electron chi connectivity index (χ4n) is 1.56. The highest BCUT2D eigenvalue weighted by atomic mass is 79.9. The summed E-state index contributed by atoms with van der Waals surface area (Å²) in [6.45, 7) is 1.63. The Labute approximate surface area is 126 Å². The third-order valence-electron chi connectivity index (χ3n) is 2.47. The number of aryl methyl sites for hydroxylation is 1. The Morgan fingerprint density at radius 3 is 2.85 bits per heavy atom. The molecule has 0 bridgehead atoms. The van der Waals surface area contributed by atoms with E-state index in [4.69, 9.17) is 5.26 Å². The van der Waals surface area contributed by atoms with Crippen LogP contribution in [0.4, 0.5) is 8.78 Å². The third-order valence-corrected chi connectivity index (χ3v) is 3.85. The number of hydrogen-bond donors (Lipinski definition) is 0. The molecule has 0 unspecified atom stereocenters. The van der Waals surface area contributed by atoms with Crippen LogP contribution in [-0.2, 0) is 5.88 Å². The number of halogens is 3. The fourth-order valence-corrected chi connectivity index (χ4v) is 2.80. The summed E-state index contributed by atoms with van der Waals surface area (Å²) >= 11 is 4.47. The van der Waals surface area contributed by atoms with E-state index in [0.29, 0.717) is 22.0 Å². The van der Waals surface area contributed by atoms with Gasteiger partial charge in [0, 0.05) is 6.20 Å². The fraction of sp³-hybridized carbons (Fsp3) is 0.250. The van der Waals surface area contributed by atoms with E-state index in [9.17, 15) is 8.78 Å². The normalized spacial score (nSPS) is 10.8. The van der Waals surface area contributed by atoms with Gasteiger partial charge in [0.2, 0.25) is 0 Å². The highest BCUT2D eigenvalue weighted by Crippen LogP contribution is 2.28. The molecule has 0 saturated carbocycles. The molecule has 0 fully saturated rings. The summed E-state index contributed by atoms with van der Waals surface area (Å²) < 4.78 is 28.0. The number of alkyl halides is 2.